The summed E-state index contributed by atoms with van der Waals surface area (Å²) in [5.74, 6) is -0.185. The van der Waals surface area contributed by atoms with E-state index in [0.717, 1.165) is 30.9 Å². The Morgan fingerprint density at radius 1 is 1.05 bits per heavy atom. The molecule has 2 aromatic rings. The van der Waals surface area contributed by atoms with Gasteiger partial charge in [-0.05, 0) is 50.1 Å². The molecule has 0 saturated heterocycles. The van der Waals surface area contributed by atoms with Crippen LogP contribution in [0.5, 0.6) is 0 Å². The molecule has 1 heterocycles. The molecule has 4 heteroatoms. The van der Waals surface area contributed by atoms with Gasteiger partial charge in [-0.15, -0.1) is 0 Å². The molecule has 2 rings (SSSR count). The lowest BCUT2D eigenvalue weighted by Crippen LogP contribution is -2.22. The van der Waals surface area contributed by atoms with E-state index in [4.69, 9.17) is 0 Å². The van der Waals surface area contributed by atoms with Crippen LogP contribution in [0.4, 0.5) is 11.4 Å². The minimum absolute atomic E-state index is 0.185. The number of nitrogens with zero attached hydrogens (tertiary/aromatic N) is 2. The van der Waals surface area contributed by atoms with E-state index in [9.17, 15) is 4.79 Å². The third-order valence-electron chi connectivity index (χ3n) is 3.73. The molecule has 1 aromatic carbocycles. The fourth-order valence-electron chi connectivity index (χ4n) is 2.32. The molecule has 4 nitrogen and oxygen atoms in total. The average molecular weight is 297 g/mol. The van der Waals surface area contributed by atoms with Gasteiger partial charge in [0.15, 0.2) is 0 Å². The van der Waals surface area contributed by atoms with Gasteiger partial charge in [-0.2, -0.15) is 0 Å². The van der Waals surface area contributed by atoms with Gasteiger partial charge in [0, 0.05) is 18.8 Å². The SMILES string of the molecule is CCc1ccc(NC(=O)c2ccc(N(CC)CC)cn2)cc1. The number of pyridine rings is 1. The summed E-state index contributed by atoms with van der Waals surface area (Å²) in [4.78, 5) is 18.7. The van der Waals surface area contributed by atoms with Gasteiger partial charge in [-0.25, -0.2) is 4.98 Å². The first-order valence-electron chi connectivity index (χ1n) is 7.79. The Kier molecular flexibility index (Phi) is 5.53. The van der Waals surface area contributed by atoms with Gasteiger partial charge >= 0.3 is 0 Å². The Labute approximate surface area is 132 Å². The topological polar surface area (TPSA) is 45.2 Å². The number of carbonyl (C=O) groups excluding carboxylic acids is 1. The van der Waals surface area contributed by atoms with E-state index < -0.39 is 0 Å². The molecule has 1 N–H and O–H groups in total. The molecule has 0 unspecified atom stereocenters. The predicted molar refractivity (Wildman–Crippen MR) is 91.6 cm³/mol. The molecule has 0 spiro atoms. The van der Waals surface area contributed by atoms with E-state index in [2.05, 4.69) is 36.0 Å². The van der Waals surface area contributed by atoms with E-state index >= 15 is 0 Å². The van der Waals surface area contributed by atoms with Gasteiger partial charge in [0.1, 0.15) is 5.69 Å². The Balaban J connectivity index is 2.05. The molecule has 0 aliphatic heterocycles. The minimum atomic E-state index is -0.185. The third kappa shape index (κ3) is 3.85. The zero-order chi connectivity index (χ0) is 15.9. The summed E-state index contributed by atoms with van der Waals surface area (Å²) in [5, 5.41) is 2.87. The molecule has 0 fully saturated rings. The molecular formula is C18H23N3O. The van der Waals surface area contributed by atoms with Crippen LogP contribution in [0, 0.1) is 0 Å². The molecule has 0 atom stereocenters. The highest BCUT2D eigenvalue weighted by atomic mass is 16.1. The summed E-state index contributed by atoms with van der Waals surface area (Å²) in [7, 11) is 0. The number of anilines is 2. The number of amides is 1. The number of hydrogen-bond acceptors (Lipinski definition) is 3. The summed E-state index contributed by atoms with van der Waals surface area (Å²) < 4.78 is 0. The number of rotatable bonds is 6. The van der Waals surface area contributed by atoms with Crippen molar-refractivity contribution >= 4 is 17.3 Å². The fourth-order valence-corrected chi connectivity index (χ4v) is 2.32. The van der Waals surface area contributed by atoms with E-state index in [1.807, 2.05) is 30.3 Å². The zero-order valence-electron chi connectivity index (χ0n) is 13.5. The van der Waals surface area contributed by atoms with Crippen molar-refractivity contribution < 1.29 is 4.79 Å². The Morgan fingerprint density at radius 2 is 1.73 bits per heavy atom. The summed E-state index contributed by atoms with van der Waals surface area (Å²) in [6.07, 6.45) is 2.74. The number of aromatic nitrogens is 1. The molecule has 116 valence electrons. The highest BCUT2D eigenvalue weighted by molar-refractivity contribution is 6.02. The highest BCUT2D eigenvalue weighted by Crippen LogP contribution is 2.14. The molecule has 0 radical (unpaired) electrons. The maximum absolute atomic E-state index is 12.2. The normalized spacial score (nSPS) is 10.3. The van der Waals surface area contributed by atoms with Crippen LogP contribution in [-0.4, -0.2) is 24.0 Å². The quantitative estimate of drug-likeness (QED) is 0.883. The maximum atomic E-state index is 12.2. The third-order valence-corrected chi connectivity index (χ3v) is 3.73. The second kappa shape index (κ2) is 7.59. The molecule has 1 amide bonds. The largest absolute Gasteiger partial charge is 0.371 e. The fraction of sp³-hybridized carbons (Fsp3) is 0.333. The summed E-state index contributed by atoms with van der Waals surface area (Å²) in [6.45, 7) is 8.16. The van der Waals surface area contributed by atoms with E-state index in [1.165, 1.54) is 5.56 Å². The first-order chi connectivity index (χ1) is 10.7. The number of nitrogens with one attached hydrogen (secondary N) is 1. The van der Waals surface area contributed by atoms with Gasteiger partial charge in [0.05, 0.1) is 11.9 Å². The van der Waals surface area contributed by atoms with Gasteiger partial charge < -0.3 is 10.2 Å². The van der Waals surface area contributed by atoms with Crippen LogP contribution < -0.4 is 10.2 Å². The van der Waals surface area contributed by atoms with Crippen LogP contribution in [0.3, 0.4) is 0 Å². The number of carbonyl (C=O) groups is 1. The van der Waals surface area contributed by atoms with E-state index in [-0.39, 0.29) is 5.91 Å². The monoisotopic (exact) mass is 297 g/mol. The molecule has 1 aromatic heterocycles. The molecule has 0 bridgehead atoms. The second-order valence-corrected chi connectivity index (χ2v) is 5.08. The van der Waals surface area contributed by atoms with Crippen molar-refractivity contribution in [3.63, 3.8) is 0 Å². The summed E-state index contributed by atoms with van der Waals surface area (Å²) in [6, 6.07) is 11.6. The molecule has 0 aliphatic rings. The zero-order valence-corrected chi connectivity index (χ0v) is 13.5. The van der Waals surface area contributed by atoms with Crippen molar-refractivity contribution in [2.45, 2.75) is 27.2 Å². The van der Waals surface area contributed by atoms with Crippen molar-refractivity contribution in [2.24, 2.45) is 0 Å². The van der Waals surface area contributed by atoms with Crippen LogP contribution in [0.15, 0.2) is 42.6 Å². The Morgan fingerprint density at radius 3 is 2.23 bits per heavy atom. The number of aryl methyl sites for hydroxylation is 1. The lowest BCUT2D eigenvalue weighted by atomic mass is 10.1. The minimum Gasteiger partial charge on any atom is -0.371 e. The van der Waals surface area contributed by atoms with Crippen LogP contribution in [-0.2, 0) is 6.42 Å². The summed E-state index contributed by atoms with van der Waals surface area (Å²) >= 11 is 0. The molecule has 0 saturated carbocycles. The van der Waals surface area contributed by atoms with E-state index in [1.54, 1.807) is 12.3 Å². The summed E-state index contributed by atoms with van der Waals surface area (Å²) in [5.41, 5.74) is 3.50. The number of hydrogen-bond donors (Lipinski definition) is 1. The van der Waals surface area contributed by atoms with Crippen LogP contribution in [0.25, 0.3) is 0 Å². The second-order valence-electron chi connectivity index (χ2n) is 5.08. The average Bonchev–Trinajstić information content (AvgIpc) is 2.57. The Bertz CT molecular complexity index is 601. The van der Waals surface area contributed by atoms with Crippen molar-refractivity contribution in [1.82, 2.24) is 4.98 Å². The van der Waals surface area contributed by atoms with E-state index in [0.29, 0.717) is 5.69 Å². The lowest BCUT2D eigenvalue weighted by Gasteiger charge is -2.20. The highest BCUT2D eigenvalue weighted by Gasteiger charge is 2.09. The molecule has 22 heavy (non-hydrogen) atoms. The van der Waals surface area contributed by atoms with Crippen LogP contribution in [0.2, 0.25) is 0 Å². The molecular weight excluding hydrogens is 274 g/mol. The molecule has 0 aliphatic carbocycles. The standard InChI is InChI=1S/C18H23N3O/c1-4-14-7-9-15(10-8-14)20-18(22)17-12-11-16(13-19-17)21(5-2)6-3/h7-13H,4-6H2,1-3H3,(H,20,22). The predicted octanol–water partition coefficient (Wildman–Crippen LogP) is 3.74. The van der Waals surface area contributed by atoms with Gasteiger partial charge in [-0.1, -0.05) is 19.1 Å². The van der Waals surface area contributed by atoms with Gasteiger partial charge in [0.2, 0.25) is 0 Å². The van der Waals surface area contributed by atoms with Gasteiger partial charge in [-0.3, -0.25) is 4.79 Å². The van der Waals surface area contributed by atoms with Gasteiger partial charge in [0.25, 0.3) is 5.91 Å². The Hall–Kier alpha value is -2.36. The smallest absolute Gasteiger partial charge is 0.274 e. The van der Waals surface area contributed by atoms with Crippen molar-refractivity contribution in [3.8, 4) is 0 Å². The first kappa shape index (κ1) is 16.0. The number of benzene rings is 1. The van der Waals surface area contributed by atoms with Crippen molar-refractivity contribution in [2.75, 3.05) is 23.3 Å². The van der Waals surface area contributed by atoms with Crippen LogP contribution >= 0.6 is 0 Å². The first-order valence-corrected chi connectivity index (χ1v) is 7.79. The van der Waals surface area contributed by atoms with Crippen molar-refractivity contribution in [1.29, 1.82) is 0 Å². The van der Waals surface area contributed by atoms with Crippen molar-refractivity contribution in [3.05, 3.63) is 53.9 Å². The lowest BCUT2D eigenvalue weighted by molar-refractivity contribution is 0.102. The maximum Gasteiger partial charge on any atom is 0.274 e. The van der Waals surface area contributed by atoms with Crippen LogP contribution in [0.1, 0.15) is 36.8 Å².